The van der Waals surface area contributed by atoms with E-state index in [1.807, 2.05) is 26.0 Å². The number of nitrogens with one attached hydrogen (secondary N) is 1. The van der Waals surface area contributed by atoms with E-state index < -0.39 is 0 Å². The lowest BCUT2D eigenvalue weighted by atomic mass is 10.1. The first-order valence-corrected chi connectivity index (χ1v) is 7.62. The maximum atomic E-state index is 5.62. The fourth-order valence-corrected chi connectivity index (χ4v) is 1.76. The lowest BCUT2D eigenvalue weighted by molar-refractivity contribution is 0.125. The molecule has 0 spiro atoms. The third-order valence-corrected chi connectivity index (χ3v) is 2.89. The summed E-state index contributed by atoms with van der Waals surface area (Å²) in [5, 5.41) is 3.38. The number of ether oxygens (including phenoxy) is 2. The van der Waals surface area contributed by atoms with E-state index in [9.17, 15) is 0 Å². The zero-order chi connectivity index (χ0) is 14.8. The minimum Gasteiger partial charge on any atom is -0.491 e. The Morgan fingerprint density at radius 1 is 1.00 bits per heavy atom. The minimum absolute atomic E-state index is 0.224. The van der Waals surface area contributed by atoms with Gasteiger partial charge in [-0.15, -0.1) is 0 Å². The highest BCUT2D eigenvalue weighted by Crippen LogP contribution is 2.13. The van der Waals surface area contributed by atoms with E-state index in [1.54, 1.807) is 0 Å². The molecule has 0 fully saturated rings. The molecule has 0 aliphatic heterocycles. The highest BCUT2D eigenvalue weighted by atomic mass is 16.5. The Hall–Kier alpha value is -1.06. The predicted octanol–water partition coefficient (Wildman–Crippen LogP) is 3.63. The lowest BCUT2D eigenvalue weighted by Crippen LogP contribution is -2.19. The molecule has 0 atom stereocenters. The van der Waals surface area contributed by atoms with Gasteiger partial charge in [0.25, 0.3) is 0 Å². The molecule has 0 radical (unpaired) electrons. The van der Waals surface area contributed by atoms with Crippen LogP contribution in [0, 0.1) is 5.92 Å². The largest absolute Gasteiger partial charge is 0.491 e. The summed E-state index contributed by atoms with van der Waals surface area (Å²) in [6.45, 7) is 11.9. The van der Waals surface area contributed by atoms with Crippen molar-refractivity contribution in [1.29, 1.82) is 0 Å². The van der Waals surface area contributed by atoms with Gasteiger partial charge in [-0.25, -0.2) is 0 Å². The van der Waals surface area contributed by atoms with Crippen LogP contribution in [0.3, 0.4) is 0 Å². The van der Waals surface area contributed by atoms with Crippen LogP contribution in [-0.4, -0.2) is 25.9 Å². The Morgan fingerprint density at radius 2 is 1.70 bits per heavy atom. The first-order chi connectivity index (χ1) is 9.58. The van der Waals surface area contributed by atoms with Crippen molar-refractivity contribution in [2.75, 3.05) is 19.8 Å². The number of hydrogen-bond donors (Lipinski definition) is 1. The maximum Gasteiger partial charge on any atom is 0.119 e. The van der Waals surface area contributed by atoms with Gasteiger partial charge in [-0.3, -0.25) is 0 Å². The highest BCUT2D eigenvalue weighted by molar-refractivity contribution is 5.27. The van der Waals surface area contributed by atoms with Gasteiger partial charge in [-0.1, -0.05) is 26.0 Å². The molecule has 3 nitrogen and oxygen atoms in total. The first-order valence-electron chi connectivity index (χ1n) is 7.62. The second-order valence-electron chi connectivity index (χ2n) is 5.78. The van der Waals surface area contributed by atoms with Crippen LogP contribution in [0.15, 0.2) is 24.3 Å². The van der Waals surface area contributed by atoms with Gasteiger partial charge in [0, 0.05) is 19.7 Å². The highest BCUT2D eigenvalue weighted by Gasteiger charge is 1.98. The van der Waals surface area contributed by atoms with Crippen LogP contribution in [0.1, 0.15) is 39.7 Å². The molecule has 0 unspecified atom stereocenters. The van der Waals surface area contributed by atoms with Crippen LogP contribution >= 0.6 is 0 Å². The standard InChI is InChI=1S/C17H29NO2/c1-14(2)9-11-19-12-10-18-13-16-5-7-17(8-6-16)20-15(3)4/h5-8,14-15,18H,9-13H2,1-4H3. The summed E-state index contributed by atoms with van der Waals surface area (Å²) in [6.07, 6.45) is 1.36. The Labute approximate surface area is 123 Å². The summed E-state index contributed by atoms with van der Waals surface area (Å²) in [4.78, 5) is 0. The van der Waals surface area contributed by atoms with E-state index in [2.05, 4.69) is 31.3 Å². The maximum absolute atomic E-state index is 5.62. The van der Waals surface area contributed by atoms with Crippen LogP contribution in [0.25, 0.3) is 0 Å². The van der Waals surface area contributed by atoms with Gasteiger partial charge in [0.2, 0.25) is 0 Å². The van der Waals surface area contributed by atoms with Crippen molar-refractivity contribution in [3.8, 4) is 5.75 Å². The van der Waals surface area contributed by atoms with Gasteiger partial charge in [0.15, 0.2) is 0 Å². The lowest BCUT2D eigenvalue weighted by Gasteiger charge is -2.10. The first kappa shape index (κ1) is 17.0. The van der Waals surface area contributed by atoms with Gasteiger partial charge >= 0.3 is 0 Å². The SMILES string of the molecule is CC(C)CCOCCNCc1ccc(OC(C)C)cc1. The fourth-order valence-electron chi connectivity index (χ4n) is 1.76. The van der Waals surface area contributed by atoms with E-state index >= 15 is 0 Å². The van der Waals surface area contributed by atoms with Crippen LogP contribution in [-0.2, 0) is 11.3 Å². The quantitative estimate of drug-likeness (QED) is 0.663. The topological polar surface area (TPSA) is 30.5 Å². The van der Waals surface area contributed by atoms with Gasteiger partial charge in [-0.2, -0.15) is 0 Å². The molecule has 114 valence electrons. The van der Waals surface area contributed by atoms with Crippen LogP contribution in [0.5, 0.6) is 5.75 Å². The number of rotatable bonds is 10. The molecular weight excluding hydrogens is 250 g/mol. The molecule has 0 aromatic heterocycles. The van der Waals surface area contributed by atoms with E-state index in [1.165, 1.54) is 5.56 Å². The second-order valence-corrected chi connectivity index (χ2v) is 5.78. The fraction of sp³-hybridized carbons (Fsp3) is 0.647. The third kappa shape index (κ3) is 8.18. The monoisotopic (exact) mass is 279 g/mol. The van der Waals surface area contributed by atoms with Crippen LogP contribution < -0.4 is 10.1 Å². The van der Waals surface area contributed by atoms with Crippen LogP contribution in [0.4, 0.5) is 0 Å². The van der Waals surface area contributed by atoms with Gasteiger partial charge in [-0.05, 0) is 43.9 Å². The van der Waals surface area contributed by atoms with E-state index in [0.29, 0.717) is 0 Å². The normalized spacial score (nSPS) is 11.3. The summed E-state index contributed by atoms with van der Waals surface area (Å²) in [5.41, 5.74) is 1.27. The van der Waals surface area contributed by atoms with Crippen molar-refractivity contribution in [3.05, 3.63) is 29.8 Å². The van der Waals surface area contributed by atoms with Crippen molar-refractivity contribution in [1.82, 2.24) is 5.32 Å². The molecule has 0 heterocycles. The third-order valence-electron chi connectivity index (χ3n) is 2.89. The molecule has 0 saturated heterocycles. The Kier molecular flexibility index (Phi) is 8.31. The molecule has 3 heteroatoms. The van der Waals surface area contributed by atoms with Crippen molar-refractivity contribution in [2.45, 2.75) is 46.8 Å². The molecule has 1 aromatic rings. The summed E-state index contributed by atoms with van der Waals surface area (Å²) in [5.74, 6) is 1.65. The smallest absolute Gasteiger partial charge is 0.119 e. The number of benzene rings is 1. The van der Waals surface area contributed by atoms with E-state index in [-0.39, 0.29) is 6.10 Å². The molecular formula is C17H29NO2. The molecule has 1 aromatic carbocycles. The van der Waals surface area contributed by atoms with Gasteiger partial charge in [0.1, 0.15) is 5.75 Å². The number of hydrogen-bond acceptors (Lipinski definition) is 3. The summed E-state index contributed by atoms with van der Waals surface area (Å²) in [6, 6.07) is 8.25. The zero-order valence-electron chi connectivity index (χ0n) is 13.3. The molecule has 0 amide bonds. The molecule has 1 N–H and O–H groups in total. The van der Waals surface area contributed by atoms with Crippen molar-refractivity contribution in [2.24, 2.45) is 5.92 Å². The minimum atomic E-state index is 0.224. The molecule has 20 heavy (non-hydrogen) atoms. The van der Waals surface area contributed by atoms with Gasteiger partial charge in [0.05, 0.1) is 12.7 Å². The van der Waals surface area contributed by atoms with Crippen molar-refractivity contribution < 1.29 is 9.47 Å². The van der Waals surface area contributed by atoms with E-state index in [0.717, 1.165) is 44.4 Å². The second kappa shape index (κ2) is 9.78. The average Bonchev–Trinajstić information content (AvgIpc) is 2.38. The Bertz CT molecular complexity index is 347. The molecule has 0 aliphatic carbocycles. The van der Waals surface area contributed by atoms with Gasteiger partial charge < -0.3 is 14.8 Å². The molecule has 1 rings (SSSR count). The molecule has 0 aliphatic rings. The van der Waals surface area contributed by atoms with E-state index in [4.69, 9.17) is 9.47 Å². The summed E-state index contributed by atoms with van der Waals surface area (Å²) in [7, 11) is 0. The molecule has 0 saturated carbocycles. The van der Waals surface area contributed by atoms with Crippen molar-refractivity contribution in [3.63, 3.8) is 0 Å². The summed E-state index contributed by atoms with van der Waals surface area (Å²) < 4.78 is 11.2. The average molecular weight is 279 g/mol. The Balaban J connectivity index is 2.10. The summed E-state index contributed by atoms with van der Waals surface area (Å²) >= 11 is 0. The van der Waals surface area contributed by atoms with Crippen LogP contribution in [0.2, 0.25) is 0 Å². The molecule has 0 bridgehead atoms. The van der Waals surface area contributed by atoms with Crippen molar-refractivity contribution >= 4 is 0 Å². The predicted molar refractivity (Wildman–Crippen MR) is 84.2 cm³/mol. The zero-order valence-corrected chi connectivity index (χ0v) is 13.3. The Morgan fingerprint density at radius 3 is 2.30 bits per heavy atom.